The van der Waals surface area contributed by atoms with Crippen molar-refractivity contribution < 1.29 is 0 Å². The van der Waals surface area contributed by atoms with Crippen LogP contribution >= 0.6 is 0 Å². The van der Waals surface area contributed by atoms with Crippen LogP contribution in [0.3, 0.4) is 0 Å². The molecule has 0 bridgehead atoms. The van der Waals surface area contributed by atoms with Crippen LogP contribution in [0.15, 0.2) is 33.9 Å². The molecule has 1 saturated heterocycles. The molecular formula is C22H33N5O2. The Morgan fingerprint density at radius 3 is 2.45 bits per heavy atom. The third-order valence-electron chi connectivity index (χ3n) is 5.73. The van der Waals surface area contributed by atoms with E-state index in [9.17, 15) is 9.59 Å². The maximum atomic E-state index is 12.4. The van der Waals surface area contributed by atoms with Gasteiger partial charge in [0.25, 0.3) is 5.56 Å². The minimum atomic E-state index is -0.359. The molecule has 2 heterocycles. The summed E-state index contributed by atoms with van der Waals surface area (Å²) < 4.78 is 1.29. The lowest BCUT2D eigenvalue weighted by Gasteiger charge is -2.32. The number of benzene rings is 1. The van der Waals surface area contributed by atoms with E-state index in [1.165, 1.54) is 21.8 Å². The number of aromatic amines is 1. The Morgan fingerprint density at radius 2 is 1.76 bits per heavy atom. The first-order chi connectivity index (χ1) is 14.0. The van der Waals surface area contributed by atoms with Crippen LogP contribution in [-0.4, -0.2) is 59.1 Å². The molecule has 1 aliphatic rings. The fourth-order valence-electron chi connectivity index (χ4n) is 3.76. The van der Waals surface area contributed by atoms with E-state index >= 15 is 0 Å². The van der Waals surface area contributed by atoms with Gasteiger partial charge in [-0.1, -0.05) is 13.0 Å². The van der Waals surface area contributed by atoms with E-state index in [2.05, 4.69) is 47.1 Å². The van der Waals surface area contributed by atoms with Gasteiger partial charge in [0, 0.05) is 44.5 Å². The van der Waals surface area contributed by atoms with Crippen LogP contribution in [0.1, 0.15) is 30.9 Å². The molecule has 7 heteroatoms. The molecule has 0 saturated carbocycles. The molecule has 0 aliphatic carbocycles. The number of hydrogen-bond acceptors (Lipinski definition) is 5. The van der Waals surface area contributed by atoms with Crippen molar-refractivity contribution in [3.8, 4) is 0 Å². The minimum Gasteiger partial charge on any atom is -0.342 e. The second-order valence-corrected chi connectivity index (χ2v) is 7.95. The van der Waals surface area contributed by atoms with Crippen molar-refractivity contribution in [3.05, 3.63) is 56.2 Å². The summed E-state index contributed by atoms with van der Waals surface area (Å²) >= 11 is 0. The summed E-state index contributed by atoms with van der Waals surface area (Å²) in [6.07, 6.45) is 2.74. The summed E-state index contributed by atoms with van der Waals surface area (Å²) in [5.41, 5.74) is 2.72. The zero-order chi connectivity index (χ0) is 20.8. The van der Waals surface area contributed by atoms with Crippen LogP contribution in [-0.2, 0) is 13.0 Å². The number of likely N-dealkylation sites (N-methyl/N-ethyl adjacent to an activating group) is 1. The summed E-state index contributed by atoms with van der Waals surface area (Å²) in [5.74, 6) is 0.430. The predicted molar refractivity (Wildman–Crippen MR) is 118 cm³/mol. The molecule has 1 fully saturated rings. The van der Waals surface area contributed by atoms with Gasteiger partial charge in [0.05, 0.1) is 0 Å². The highest BCUT2D eigenvalue weighted by atomic mass is 16.2. The molecule has 0 radical (unpaired) electrons. The second-order valence-electron chi connectivity index (χ2n) is 7.95. The molecule has 1 aromatic carbocycles. The lowest BCUT2D eigenvalue weighted by molar-refractivity contribution is 0.151. The Hall–Kier alpha value is -2.38. The number of rotatable bonds is 8. The highest BCUT2D eigenvalue weighted by Crippen LogP contribution is 2.18. The molecule has 0 amide bonds. The average molecular weight is 400 g/mol. The van der Waals surface area contributed by atoms with Crippen LogP contribution in [0.2, 0.25) is 0 Å². The standard InChI is InChI=1S/C22H33N5O2/c1-4-18-15-19(8-7-17(18)2)23-20-16-21(28)27(22(29)24-20)10-6-5-9-26-13-11-25(3)12-14-26/h7-8,15-16,23H,4-6,9-14H2,1-3H3,(H,24,29). The van der Waals surface area contributed by atoms with E-state index in [-0.39, 0.29) is 11.2 Å². The predicted octanol–water partition coefficient (Wildman–Crippen LogP) is 2.18. The van der Waals surface area contributed by atoms with Gasteiger partial charge >= 0.3 is 5.69 Å². The average Bonchev–Trinajstić information content (AvgIpc) is 2.69. The number of piperazine rings is 1. The Morgan fingerprint density at radius 1 is 1.03 bits per heavy atom. The highest BCUT2D eigenvalue weighted by molar-refractivity contribution is 5.57. The molecule has 0 spiro atoms. The molecule has 1 aromatic heterocycles. The molecule has 7 nitrogen and oxygen atoms in total. The maximum Gasteiger partial charge on any atom is 0.329 e. The van der Waals surface area contributed by atoms with Gasteiger partial charge in [-0.15, -0.1) is 0 Å². The van der Waals surface area contributed by atoms with E-state index in [0.717, 1.165) is 57.7 Å². The van der Waals surface area contributed by atoms with E-state index in [1.807, 2.05) is 12.1 Å². The molecule has 2 aromatic rings. The fraction of sp³-hybridized carbons (Fsp3) is 0.545. The first-order valence-corrected chi connectivity index (χ1v) is 10.6. The molecule has 0 atom stereocenters. The molecule has 0 unspecified atom stereocenters. The number of nitrogens with one attached hydrogen (secondary N) is 2. The lowest BCUT2D eigenvalue weighted by atomic mass is 10.1. The molecule has 158 valence electrons. The Kier molecular flexibility index (Phi) is 7.28. The Bertz CT molecular complexity index is 894. The summed E-state index contributed by atoms with van der Waals surface area (Å²) in [5, 5.41) is 3.15. The van der Waals surface area contributed by atoms with Gasteiger partial charge in [-0.3, -0.25) is 14.3 Å². The maximum absolute atomic E-state index is 12.4. The van der Waals surface area contributed by atoms with Crippen LogP contribution in [0.4, 0.5) is 11.5 Å². The van der Waals surface area contributed by atoms with Crippen molar-refractivity contribution in [3.63, 3.8) is 0 Å². The van der Waals surface area contributed by atoms with E-state index in [0.29, 0.717) is 12.4 Å². The van der Waals surface area contributed by atoms with Gasteiger partial charge in [-0.25, -0.2) is 4.79 Å². The molecular weight excluding hydrogens is 366 g/mol. The third kappa shape index (κ3) is 5.81. The van der Waals surface area contributed by atoms with Crippen molar-refractivity contribution in [2.24, 2.45) is 0 Å². The number of unbranched alkanes of at least 4 members (excludes halogenated alkanes) is 1. The van der Waals surface area contributed by atoms with Crippen LogP contribution in [0.25, 0.3) is 0 Å². The van der Waals surface area contributed by atoms with Crippen molar-refractivity contribution >= 4 is 11.5 Å². The van der Waals surface area contributed by atoms with E-state index < -0.39 is 0 Å². The largest absolute Gasteiger partial charge is 0.342 e. The van der Waals surface area contributed by atoms with Crippen LogP contribution in [0, 0.1) is 6.92 Å². The zero-order valence-electron chi connectivity index (χ0n) is 17.8. The van der Waals surface area contributed by atoms with Crippen molar-refractivity contribution in [2.75, 3.05) is 45.1 Å². The van der Waals surface area contributed by atoms with E-state index in [1.54, 1.807) is 0 Å². The number of aryl methyl sites for hydroxylation is 2. The molecule has 1 aliphatic heterocycles. The Balaban J connectivity index is 1.56. The topological polar surface area (TPSA) is 73.4 Å². The van der Waals surface area contributed by atoms with Gasteiger partial charge in [-0.05, 0) is 63.0 Å². The molecule has 29 heavy (non-hydrogen) atoms. The van der Waals surface area contributed by atoms with Crippen molar-refractivity contribution in [2.45, 2.75) is 39.7 Å². The summed E-state index contributed by atoms with van der Waals surface area (Å²) in [6, 6.07) is 7.52. The van der Waals surface area contributed by atoms with Crippen LogP contribution < -0.4 is 16.6 Å². The van der Waals surface area contributed by atoms with Crippen LogP contribution in [0.5, 0.6) is 0 Å². The lowest BCUT2D eigenvalue weighted by Crippen LogP contribution is -2.44. The molecule has 3 rings (SSSR count). The number of anilines is 2. The van der Waals surface area contributed by atoms with Gasteiger partial charge in [0.1, 0.15) is 5.82 Å². The first kappa shape index (κ1) is 21.3. The number of H-pyrrole nitrogens is 1. The number of aromatic nitrogens is 2. The highest BCUT2D eigenvalue weighted by Gasteiger charge is 2.13. The monoisotopic (exact) mass is 399 g/mol. The SMILES string of the molecule is CCc1cc(Nc2cc(=O)n(CCCCN3CCN(C)CC3)c(=O)[nH]2)ccc1C. The molecule has 2 N–H and O–H groups in total. The first-order valence-electron chi connectivity index (χ1n) is 10.6. The van der Waals surface area contributed by atoms with Gasteiger partial charge in [0.15, 0.2) is 0 Å². The quantitative estimate of drug-likeness (QED) is 0.666. The second kappa shape index (κ2) is 9.89. The van der Waals surface area contributed by atoms with Gasteiger partial charge < -0.3 is 15.1 Å². The van der Waals surface area contributed by atoms with Crippen molar-refractivity contribution in [1.29, 1.82) is 0 Å². The number of nitrogens with zero attached hydrogens (tertiary/aromatic N) is 3. The van der Waals surface area contributed by atoms with Gasteiger partial charge in [0.2, 0.25) is 0 Å². The van der Waals surface area contributed by atoms with Crippen molar-refractivity contribution in [1.82, 2.24) is 19.4 Å². The minimum absolute atomic E-state index is 0.265. The normalized spacial score (nSPS) is 15.6. The summed E-state index contributed by atoms with van der Waals surface area (Å²) in [7, 11) is 2.15. The Labute approximate surface area is 172 Å². The fourth-order valence-corrected chi connectivity index (χ4v) is 3.76. The smallest absolute Gasteiger partial charge is 0.329 e. The zero-order valence-corrected chi connectivity index (χ0v) is 17.8. The summed E-state index contributed by atoms with van der Waals surface area (Å²) in [4.78, 5) is 32.4. The van der Waals surface area contributed by atoms with Gasteiger partial charge in [-0.2, -0.15) is 0 Å². The van der Waals surface area contributed by atoms with E-state index in [4.69, 9.17) is 0 Å². The summed E-state index contributed by atoms with van der Waals surface area (Å²) in [6.45, 7) is 10.1. The number of hydrogen-bond donors (Lipinski definition) is 2. The third-order valence-corrected chi connectivity index (χ3v) is 5.73.